The maximum absolute atomic E-state index is 4.31. The van der Waals surface area contributed by atoms with E-state index in [1.54, 1.807) is 6.33 Å². The maximum atomic E-state index is 4.31. The fourth-order valence-electron chi connectivity index (χ4n) is 1.66. The van der Waals surface area contributed by atoms with Gasteiger partial charge in [0.25, 0.3) is 0 Å². The molecule has 94 valence electrons. The van der Waals surface area contributed by atoms with Crippen molar-refractivity contribution in [2.45, 2.75) is 6.92 Å². The molecule has 5 heteroatoms. The number of nitrogens with zero attached hydrogens (tertiary/aromatic N) is 3. The Balaban J connectivity index is 2.39. The molecule has 0 radical (unpaired) electrons. The molecule has 0 spiro atoms. The molecular weight excluding hydrogens is 292 g/mol. The van der Waals surface area contributed by atoms with Crippen LogP contribution in [0.15, 0.2) is 35.1 Å². The summed E-state index contributed by atoms with van der Waals surface area (Å²) in [6.07, 6.45) is 1.55. The molecule has 1 aromatic heterocycles. The van der Waals surface area contributed by atoms with Crippen LogP contribution in [0.25, 0.3) is 0 Å². The van der Waals surface area contributed by atoms with Gasteiger partial charge in [0.05, 0.1) is 0 Å². The van der Waals surface area contributed by atoms with Gasteiger partial charge in [-0.05, 0) is 35.0 Å². The maximum Gasteiger partial charge on any atom is 0.152 e. The lowest BCUT2D eigenvalue weighted by atomic mass is 10.2. The van der Waals surface area contributed by atoms with Gasteiger partial charge in [0.2, 0.25) is 0 Å². The van der Waals surface area contributed by atoms with E-state index in [2.05, 4.69) is 62.4 Å². The Bertz CT molecular complexity index is 539. The minimum atomic E-state index is 0.777. The first-order valence-corrected chi connectivity index (χ1v) is 6.41. The van der Waals surface area contributed by atoms with E-state index in [4.69, 9.17) is 0 Å². The molecule has 18 heavy (non-hydrogen) atoms. The lowest BCUT2D eigenvalue weighted by Gasteiger charge is -2.20. The number of anilines is 3. The summed E-state index contributed by atoms with van der Waals surface area (Å²) in [6, 6.07) is 8.31. The van der Waals surface area contributed by atoms with Gasteiger partial charge in [-0.25, -0.2) is 9.97 Å². The highest BCUT2D eigenvalue weighted by molar-refractivity contribution is 9.10. The van der Waals surface area contributed by atoms with Gasteiger partial charge in [-0.2, -0.15) is 0 Å². The first-order valence-electron chi connectivity index (χ1n) is 5.62. The number of benzene rings is 1. The van der Waals surface area contributed by atoms with Crippen LogP contribution in [0, 0.1) is 6.92 Å². The largest absolute Gasteiger partial charge is 0.372 e. The van der Waals surface area contributed by atoms with Crippen LogP contribution in [0.2, 0.25) is 0 Å². The van der Waals surface area contributed by atoms with Crippen molar-refractivity contribution in [3.8, 4) is 0 Å². The molecule has 1 heterocycles. The molecule has 0 aliphatic heterocycles. The lowest BCUT2D eigenvalue weighted by Crippen LogP contribution is -2.13. The molecule has 4 nitrogen and oxygen atoms in total. The van der Waals surface area contributed by atoms with Crippen LogP contribution >= 0.6 is 15.9 Å². The first kappa shape index (κ1) is 12.8. The molecule has 1 aromatic carbocycles. The van der Waals surface area contributed by atoms with Gasteiger partial charge >= 0.3 is 0 Å². The molecule has 2 aromatic rings. The van der Waals surface area contributed by atoms with E-state index in [1.807, 2.05) is 19.0 Å². The predicted molar refractivity (Wildman–Crippen MR) is 78.5 cm³/mol. The summed E-state index contributed by atoms with van der Waals surface area (Å²) in [5.74, 6) is 1.61. The van der Waals surface area contributed by atoms with E-state index in [1.165, 1.54) is 5.56 Å². The first-order chi connectivity index (χ1) is 8.63. The second-order valence-corrected chi connectivity index (χ2v) is 4.80. The zero-order valence-corrected chi connectivity index (χ0v) is 12.2. The standard InChI is InChI=1S/C13H15BrN4/c1-9-4-6-10(7-5-9)18(3)13-11(14)12(15-2)16-8-17-13/h4-8H,1-3H3,(H,15,16,17). The lowest BCUT2D eigenvalue weighted by molar-refractivity contribution is 1.06. The van der Waals surface area contributed by atoms with Crippen molar-refractivity contribution in [3.63, 3.8) is 0 Å². The van der Waals surface area contributed by atoms with E-state index in [0.29, 0.717) is 0 Å². The molecule has 2 rings (SSSR count). The molecule has 0 aliphatic rings. The van der Waals surface area contributed by atoms with Crippen LogP contribution in [0.1, 0.15) is 5.56 Å². The smallest absolute Gasteiger partial charge is 0.152 e. The van der Waals surface area contributed by atoms with Crippen molar-refractivity contribution in [2.24, 2.45) is 0 Å². The Kier molecular flexibility index (Phi) is 3.81. The molecule has 0 saturated heterocycles. The van der Waals surface area contributed by atoms with E-state index in [-0.39, 0.29) is 0 Å². The number of halogens is 1. The Morgan fingerprint density at radius 3 is 2.44 bits per heavy atom. The molecule has 0 atom stereocenters. The summed E-state index contributed by atoms with van der Waals surface area (Å²) in [4.78, 5) is 10.5. The SMILES string of the molecule is CNc1ncnc(N(C)c2ccc(C)cc2)c1Br. The normalized spacial score (nSPS) is 10.2. The average molecular weight is 307 g/mol. The summed E-state index contributed by atoms with van der Waals surface area (Å²) < 4.78 is 0.857. The average Bonchev–Trinajstić information content (AvgIpc) is 2.39. The summed E-state index contributed by atoms with van der Waals surface area (Å²) >= 11 is 3.52. The molecule has 0 aliphatic carbocycles. The van der Waals surface area contributed by atoms with Gasteiger partial charge in [0, 0.05) is 19.8 Å². The van der Waals surface area contributed by atoms with Crippen LogP contribution in [-0.2, 0) is 0 Å². The van der Waals surface area contributed by atoms with Gasteiger partial charge in [-0.3, -0.25) is 0 Å². The number of rotatable bonds is 3. The van der Waals surface area contributed by atoms with Crippen molar-refractivity contribution in [1.82, 2.24) is 9.97 Å². The molecule has 0 saturated carbocycles. The Morgan fingerprint density at radius 2 is 1.83 bits per heavy atom. The summed E-state index contributed by atoms with van der Waals surface area (Å²) in [7, 11) is 3.82. The number of aryl methyl sites for hydroxylation is 1. The minimum Gasteiger partial charge on any atom is -0.372 e. The zero-order chi connectivity index (χ0) is 13.1. The Hall–Kier alpha value is -1.62. The monoisotopic (exact) mass is 306 g/mol. The van der Waals surface area contributed by atoms with Gasteiger partial charge in [-0.15, -0.1) is 0 Å². The second-order valence-electron chi connectivity index (χ2n) is 4.00. The Labute approximate surface area is 115 Å². The minimum absolute atomic E-state index is 0.777. The quantitative estimate of drug-likeness (QED) is 0.944. The van der Waals surface area contributed by atoms with Crippen molar-refractivity contribution in [3.05, 3.63) is 40.6 Å². The van der Waals surface area contributed by atoms with Crippen LogP contribution in [-0.4, -0.2) is 24.1 Å². The zero-order valence-electron chi connectivity index (χ0n) is 10.6. The van der Waals surface area contributed by atoms with E-state index >= 15 is 0 Å². The predicted octanol–water partition coefficient (Wildman–Crippen LogP) is 3.36. The topological polar surface area (TPSA) is 41.1 Å². The van der Waals surface area contributed by atoms with Crippen molar-refractivity contribution in [1.29, 1.82) is 0 Å². The van der Waals surface area contributed by atoms with Crippen molar-refractivity contribution < 1.29 is 0 Å². The number of nitrogens with one attached hydrogen (secondary N) is 1. The highest BCUT2D eigenvalue weighted by Crippen LogP contribution is 2.32. The van der Waals surface area contributed by atoms with Crippen LogP contribution in [0.4, 0.5) is 17.3 Å². The summed E-state index contributed by atoms with van der Waals surface area (Å²) in [5, 5.41) is 3.03. The molecule has 1 N–H and O–H groups in total. The number of hydrogen-bond donors (Lipinski definition) is 1. The van der Waals surface area contributed by atoms with Crippen LogP contribution < -0.4 is 10.2 Å². The fraction of sp³-hybridized carbons (Fsp3) is 0.231. The summed E-state index contributed by atoms with van der Waals surface area (Å²) in [5.41, 5.74) is 2.33. The molecule has 0 fully saturated rings. The fourth-order valence-corrected chi connectivity index (χ4v) is 2.33. The van der Waals surface area contributed by atoms with Gasteiger partial charge in [0.15, 0.2) is 5.82 Å². The van der Waals surface area contributed by atoms with Crippen LogP contribution in [0.5, 0.6) is 0 Å². The molecule has 0 unspecified atom stereocenters. The van der Waals surface area contributed by atoms with Crippen molar-refractivity contribution >= 4 is 33.3 Å². The third-order valence-electron chi connectivity index (χ3n) is 2.75. The van der Waals surface area contributed by atoms with E-state index < -0.39 is 0 Å². The molecule has 0 amide bonds. The highest BCUT2D eigenvalue weighted by Gasteiger charge is 2.12. The Morgan fingerprint density at radius 1 is 1.17 bits per heavy atom. The molecule has 0 bridgehead atoms. The molecular formula is C13H15BrN4. The van der Waals surface area contributed by atoms with Gasteiger partial charge in [-0.1, -0.05) is 17.7 Å². The number of aromatic nitrogens is 2. The van der Waals surface area contributed by atoms with Crippen molar-refractivity contribution in [2.75, 3.05) is 24.3 Å². The van der Waals surface area contributed by atoms with Gasteiger partial charge in [0.1, 0.15) is 16.6 Å². The van der Waals surface area contributed by atoms with E-state index in [0.717, 1.165) is 21.8 Å². The van der Waals surface area contributed by atoms with Gasteiger partial charge < -0.3 is 10.2 Å². The summed E-state index contributed by atoms with van der Waals surface area (Å²) in [6.45, 7) is 2.07. The second kappa shape index (κ2) is 5.35. The van der Waals surface area contributed by atoms with Crippen LogP contribution in [0.3, 0.4) is 0 Å². The highest BCUT2D eigenvalue weighted by atomic mass is 79.9. The third-order valence-corrected chi connectivity index (χ3v) is 3.48. The third kappa shape index (κ3) is 2.46. The number of hydrogen-bond acceptors (Lipinski definition) is 4. The van der Waals surface area contributed by atoms with E-state index in [9.17, 15) is 0 Å².